The highest BCUT2D eigenvalue weighted by Gasteiger charge is 2.18. The molecule has 0 heterocycles. The van der Waals surface area contributed by atoms with Crippen LogP contribution in [0.15, 0.2) is 4.99 Å². The number of nitrogens with zero attached hydrogens (tertiary/aromatic N) is 2. The molecule has 0 radical (unpaired) electrons. The Labute approximate surface area is 338 Å². The molecule has 12 heteroatoms. The molecule has 0 unspecified atom stereocenters. The van der Waals surface area contributed by atoms with Crippen LogP contribution in [0.5, 0.6) is 0 Å². The number of ether oxygens (including phenoxy) is 1. The fourth-order valence-corrected chi connectivity index (χ4v) is 6.14. The second-order valence-electron chi connectivity index (χ2n) is 15.5. The maximum atomic E-state index is 13.2. The molecule has 0 aromatic carbocycles. The van der Waals surface area contributed by atoms with E-state index in [-0.39, 0.29) is 49.1 Å². The Bertz CT molecular complexity index is 876. The van der Waals surface area contributed by atoms with Crippen molar-refractivity contribution in [1.29, 1.82) is 0 Å². The molecular formula is C41H84Cl2N6O4. The summed E-state index contributed by atoms with van der Waals surface area (Å²) in [4.78, 5) is 43.8. The number of amides is 3. The number of aliphatic imine (C=N–C) groups is 1. The van der Waals surface area contributed by atoms with Crippen LogP contribution in [0.25, 0.3) is 0 Å². The second kappa shape index (κ2) is 38.5. The summed E-state index contributed by atoms with van der Waals surface area (Å²) in [5, 5.41) is 5.14. The number of guanidine groups is 1. The molecule has 6 N–H and O–H groups in total. The largest absolute Gasteiger partial charge is 0.444 e. The lowest BCUT2D eigenvalue weighted by Gasteiger charge is -2.23. The monoisotopic (exact) mass is 795 g/mol. The molecule has 316 valence electrons. The number of rotatable bonds is 33. The van der Waals surface area contributed by atoms with Crippen molar-refractivity contribution in [2.24, 2.45) is 16.5 Å². The van der Waals surface area contributed by atoms with E-state index in [1.54, 1.807) is 20.8 Å². The molecule has 0 spiro atoms. The minimum absolute atomic E-state index is 0. The highest BCUT2D eigenvalue weighted by atomic mass is 35.5. The van der Waals surface area contributed by atoms with Gasteiger partial charge in [-0.15, -0.1) is 24.8 Å². The third-order valence-corrected chi connectivity index (χ3v) is 9.25. The van der Waals surface area contributed by atoms with E-state index in [1.807, 2.05) is 4.90 Å². The van der Waals surface area contributed by atoms with Gasteiger partial charge in [-0.05, 0) is 46.5 Å². The van der Waals surface area contributed by atoms with Crippen molar-refractivity contribution in [3.05, 3.63) is 0 Å². The summed E-state index contributed by atoms with van der Waals surface area (Å²) in [6.45, 7) is 11.6. The summed E-state index contributed by atoms with van der Waals surface area (Å²) in [5.41, 5.74) is 11.2. The molecule has 10 nitrogen and oxygen atoms in total. The highest BCUT2D eigenvalue weighted by Crippen LogP contribution is 2.14. The number of hydrogen-bond acceptors (Lipinski definition) is 6. The van der Waals surface area contributed by atoms with E-state index in [1.165, 1.54) is 128 Å². The van der Waals surface area contributed by atoms with Crippen molar-refractivity contribution >= 4 is 48.7 Å². The van der Waals surface area contributed by atoms with E-state index in [0.29, 0.717) is 19.4 Å². The minimum atomic E-state index is -0.755. The Morgan fingerprint density at radius 1 is 0.642 bits per heavy atom. The molecule has 0 rings (SSSR count). The highest BCUT2D eigenvalue weighted by molar-refractivity contribution is 5.93. The second-order valence-corrected chi connectivity index (χ2v) is 15.5. The van der Waals surface area contributed by atoms with Gasteiger partial charge in [0.25, 0.3) is 0 Å². The van der Waals surface area contributed by atoms with Crippen LogP contribution in [-0.4, -0.2) is 66.6 Å². The van der Waals surface area contributed by atoms with E-state index in [4.69, 9.17) is 16.2 Å². The van der Waals surface area contributed by atoms with Crippen LogP contribution < -0.4 is 22.1 Å². The van der Waals surface area contributed by atoms with Gasteiger partial charge in [0.15, 0.2) is 5.96 Å². The predicted octanol–water partition coefficient (Wildman–Crippen LogP) is 10.1. The number of alkyl carbamates (subject to hydrolysis) is 1. The van der Waals surface area contributed by atoms with Gasteiger partial charge in [-0.2, -0.15) is 0 Å². The minimum Gasteiger partial charge on any atom is -0.444 e. The molecule has 0 saturated heterocycles. The van der Waals surface area contributed by atoms with Crippen LogP contribution in [0.4, 0.5) is 4.79 Å². The van der Waals surface area contributed by atoms with E-state index in [9.17, 15) is 14.4 Å². The van der Waals surface area contributed by atoms with Crippen LogP contribution in [0, 0.1) is 0 Å². The van der Waals surface area contributed by atoms with Gasteiger partial charge in [-0.3, -0.25) is 19.9 Å². The van der Waals surface area contributed by atoms with E-state index in [2.05, 4.69) is 29.5 Å². The first kappa shape index (κ1) is 55.6. The maximum Gasteiger partial charge on any atom is 0.414 e. The first-order chi connectivity index (χ1) is 24.5. The number of hydrogen-bond donors (Lipinski definition) is 4. The molecule has 0 aliphatic rings. The van der Waals surface area contributed by atoms with Gasteiger partial charge in [0.1, 0.15) is 5.60 Å². The van der Waals surface area contributed by atoms with Crippen LogP contribution in [0.2, 0.25) is 0 Å². The normalized spacial score (nSPS) is 12.0. The van der Waals surface area contributed by atoms with Gasteiger partial charge in [-0.1, -0.05) is 155 Å². The zero-order chi connectivity index (χ0) is 38.0. The van der Waals surface area contributed by atoms with E-state index >= 15 is 0 Å². The standard InChI is InChI=1S/C41H82N6O4.2ClH/c1-6-8-10-12-14-16-18-20-22-24-26-28-33-47(34-29-27-25-23-21-19-17-15-13-11-9-7-2)37(48)35-45-38(49)36(42)31-30-32-44-39(43)46-40(50)51-41(3,4)5;;/h36H,6-35,42H2,1-5H3,(H,45,49)(H3,43,44,46,50);2*1H/t36-;;/m0../s1. The third kappa shape index (κ3) is 38.3. The Balaban J connectivity index is -0.0000125. The lowest BCUT2D eigenvalue weighted by atomic mass is 10.0. The number of halogens is 2. The molecule has 0 aromatic heterocycles. The predicted molar refractivity (Wildman–Crippen MR) is 229 cm³/mol. The molecule has 53 heavy (non-hydrogen) atoms. The summed E-state index contributed by atoms with van der Waals surface area (Å²) < 4.78 is 5.15. The Hall–Kier alpha value is -1.78. The lowest BCUT2D eigenvalue weighted by molar-refractivity contribution is -0.133. The molecule has 0 aliphatic heterocycles. The molecule has 3 amide bonds. The van der Waals surface area contributed by atoms with Crippen molar-refractivity contribution in [2.45, 2.75) is 213 Å². The Morgan fingerprint density at radius 2 is 1.02 bits per heavy atom. The zero-order valence-electron chi connectivity index (χ0n) is 34.8. The first-order valence-electron chi connectivity index (χ1n) is 21.1. The topological polar surface area (TPSA) is 152 Å². The molecule has 0 saturated carbocycles. The van der Waals surface area contributed by atoms with E-state index in [0.717, 1.165) is 38.8 Å². The summed E-state index contributed by atoms with van der Waals surface area (Å²) in [6.07, 6.45) is 31.1. The summed E-state index contributed by atoms with van der Waals surface area (Å²) >= 11 is 0. The Morgan fingerprint density at radius 3 is 1.40 bits per heavy atom. The average Bonchev–Trinajstić information content (AvgIpc) is 3.07. The zero-order valence-corrected chi connectivity index (χ0v) is 36.4. The van der Waals surface area contributed by atoms with Crippen molar-refractivity contribution < 1.29 is 19.1 Å². The fourth-order valence-electron chi connectivity index (χ4n) is 6.14. The van der Waals surface area contributed by atoms with Gasteiger partial charge in [0, 0.05) is 19.6 Å². The quantitative estimate of drug-likeness (QED) is 0.0295. The van der Waals surface area contributed by atoms with Gasteiger partial charge < -0.3 is 26.4 Å². The van der Waals surface area contributed by atoms with Crippen molar-refractivity contribution in [3.8, 4) is 0 Å². The van der Waals surface area contributed by atoms with Crippen LogP contribution in [0.1, 0.15) is 202 Å². The van der Waals surface area contributed by atoms with Gasteiger partial charge in [-0.25, -0.2) is 4.79 Å². The molecule has 0 fully saturated rings. The smallest absolute Gasteiger partial charge is 0.414 e. The summed E-state index contributed by atoms with van der Waals surface area (Å²) in [7, 11) is 0. The maximum absolute atomic E-state index is 13.2. The number of carbonyl (C=O) groups is 3. The number of nitrogens with one attached hydrogen (secondary N) is 2. The molecule has 1 atom stereocenters. The van der Waals surface area contributed by atoms with Crippen molar-refractivity contribution in [1.82, 2.24) is 15.5 Å². The van der Waals surface area contributed by atoms with Crippen LogP contribution >= 0.6 is 24.8 Å². The molecule has 0 aliphatic carbocycles. The third-order valence-electron chi connectivity index (χ3n) is 9.25. The van der Waals surface area contributed by atoms with Crippen LogP contribution in [0.3, 0.4) is 0 Å². The Kier molecular flexibility index (Phi) is 40.3. The molecule has 0 bridgehead atoms. The number of nitrogens with two attached hydrogens (primary N) is 2. The summed E-state index contributed by atoms with van der Waals surface area (Å²) in [5.74, 6) is -0.426. The van der Waals surface area contributed by atoms with Crippen molar-refractivity contribution in [3.63, 3.8) is 0 Å². The molecule has 0 aromatic rings. The first-order valence-corrected chi connectivity index (χ1v) is 21.1. The van der Waals surface area contributed by atoms with Gasteiger partial charge in [0.2, 0.25) is 11.8 Å². The average molecular weight is 796 g/mol. The SMILES string of the molecule is CCCCCCCCCCCCCCN(CCCCCCCCCCCCCC)C(=O)CNC(=O)[C@@H](N)CCCN=C(N)NC(=O)OC(C)(C)C.Cl.Cl. The number of unbranched alkanes of at least 4 members (excludes halogenated alkanes) is 22. The lowest BCUT2D eigenvalue weighted by Crippen LogP contribution is -2.46. The van der Waals surface area contributed by atoms with Gasteiger partial charge in [0.05, 0.1) is 12.6 Å². The van der Waals surface area contributed by atoms with Crippen LogP contribution in [-0.2, 0) is 14.3 Å². The number of carbonyl (C=O) groups excluding carboxylic acids is 3. The van der Waals surface area contributed by atoms with Crippen molar-refractivity contribution in [2.75, 3.05) is 26.2 Å². The van der Waals surface area contributed by atoms with E-state index < -0.39 is 17.7 Å². The summed E-state index contributed by atoms with van der Waals surface area (Å²) in [6, 6.07) is -0.755. The van der Waals surface area contributed by atoms with Gasteiger partial charge >= 0.3 is 6.09 Å². The fraction of sp³-hybridized carbons (Fsp3) is 0.902. The molecular weight excluding hydrogens is 711 g/mol.